The molecule has 0 aliphatic heterocycles. The molecule has 0 fully saturated rings. The molecule has 0 aromatic rings. The minimum Gasteiger partial charge on any atom is -0.478 e. The van der Waals surface area contributed by atoms with Crippen molar-refractivity contribution in [2.45, 2.75) is 5.54 Å². The quantitative estimate of drug-likeness (QED) is 0.285. The molecule has 0 heterocycles. The number of nitrogens with zero attached hydrogens (tertiary/aromatic N) is 9. The van der Waals surface area contributed by atoms with Gasteiger partial charge in [-0.2, -0.15) is 4.91 Å². The van der Waals surface area contributed by atoms with Gasteiger partial charge in [-0.3, -0.25) is 0 Å². The van der Waals surface area contributed by atoms with Crippen molar-refractivity contribution in [3.05, 3.63) is 31.3 Å². The average molecular weight is 226 g/mol. The van der Waals surface area contributed by atoms with Crippen molar-refractivity contribution in [2.24, 2.45) is 15.5 Å². The number of hydrogen-bond donors (Lipinski definition) is 2. The summed E-state index contributed by atoms with van der Waals surface area (Å²) in [6.45, 7) is -1.15. The minimum absolute atomic E-state index is 0.573. The minimum atomic E-state index is -1.94. The van der Waals surface area contributed by atoms with Crippen LogP contribution in [0.2, 0.25) is 0 Å². The lowest BCUT2D eigenvalue weighted by Gasteiger charge is -2.20. The molecule has 0 aromatic carbocycles. The molecular weight excluding hydrogens is 220 g/mol. The van der Waals surface area contributed by atoms with Gasteiger partial charge in [0.25, 0.3) is 0 Å². The van der Waals surface area contributed by atoms with Crippen LogP contribution in [0, 0.1) is 0 Å². The molecule has 84 valence electrons. The Labute approximate surface area is 87.7 Å². The van der Waals surface area contributed by atoms with Crippen LogP contribution in [0.4, 0.5) is 0 Å². The van der Waals surface area contributed by atoms with Crippen LogP contribution in [0.3, 0.4) is 0 Å². The van der Waals surface area contributed by atoms with Crippen LogP contribution in [-0.4, -0.2) is 29.7 Å². The highest BCUT2D eigenvalue weighted by atomic mass is 16.4. The number of nitrogens with one attached hydrogen (secondary N) is 1. The van der Waals surface area contributed by atoms with Gasteiger partial charge >= 0.3 is 5.97 Å². The van der Waals surface area contributed by atoms with Crippen molar-refractivity contribution in [1.82, 2.24) is 5.43 Å². The molecule has 0 radical (unpaired) electrons. The molecule has 0 aliphatic rings. The summed E-state index contributed by atoms with van der Waals surface area (Å²) in [5, 5.41) is 17.8. The smallest absolute Gasteiger partial charge is 0.352 e. The molecule has 16 heavy (non-hydrogen) atoms. The van der Waals surface area contributed by atoms with Crippen LogP contribution in [0.1, 0.15) is 0 Å². The molecule has 0 saturated heterocycles. The highest BCUT2D eigenvalue weighted by Gasteiger charge is 2.40. The van der Waals surface area contributed by atoms with E-state index in [9.17, 15) is 4.79 Å². The number of carboxylic acids is 1. The lowest BCUT2D eigenvalue weighted by Crippen LogP contribution is -2.54. The predicted molar refractivity (Wildman–Crippen MR) is 50.7 cm³/mol. The fourth-order valence-corrected chi connectivity index (χ4v) is 0.727. The van der Waals surface area contributed by atoms with E-state index in [1.54, 1.807) is 0 Å². The Hall–Kier alpha value is -2.80. The number of carbonyl (C=O) groups is 1. The second-order valence-electron chi connectivity index (χ2n) is 2.47. The Balaban J connectivity index is 5.16. The summed E-state index contributed by atoms with van der Waals surface area (Å²) < 4.78 is 0. The van der Waals surface area contributed by atoms with E-state index in [1.807, 2.05) is 5.43 Å². The Morgan fingerprint density at radius 3 is 2.00 bits per heavy atom. The van der Waals surface area contributed by atoms with Gasteiger partial charge in [0.2, 0.25) is 5.54 Å². The first-order valence-electron chi connectivity index (χ1n) is 3.69. The van der Waals surface area contributed by atoms with Gasteiger partial charge in [0.1, 0.15) is 0 Å². The van der Waals surface area contributed by atoms with Gasteiger partial charge in [0.15, 0.2) is 0 Å². The van der Waals surface area contributed by atoms with Crippen LogP contribution >= 0.6 is 0 Å². The summed E-state index contributed by atoms with van der Waals surface area (Å²) in [7, 11) is 0. The van der Waals surface area contributed by atoms with Gasteiger partial charge in [-0.15, -0.1) is 5.53 Å². The van der Waals surface area contributed by atoms with Crippen molar-refractivity contribution in [1.29, 1.82) is 0 Å². The molecular formula is C4H6N10O2. The first-order valence-corrected chi connectivity index (χ1v) is 3.69. The molecule has 12 nitrogen and oxygen atoms in total. The SMILES string of the molecule is [N-]=[N+]=NCC(CN=[N+]=[N-])(NN=[N+]=[N-])C(=O)O. The molecule has 12 heteroatoms. The Bertz CT molecular complexity index is 347. The lowest BCUT2D eigenvalue weighted by molar-refractivity contribution is -0.144. The number of azide groups is 3. The summed E-state index contributed by atoms with van der Waals surface area (Å²) in [5.41, 5.74) is 24.2. The van der Waals surface area contributed by atoms with Crippen molar-refractivity contribution >= 4 is 5.97 Å². The molecule has 0 unspecified atom stereocenters. The summed E-state index contributed by atoms with van der Waals surface area (Å²) >= 11 is 0. The number of hydrogen-bond acceptors (Lipinski definition) is 4. The standard InChI is InChI=1S/C4H6N10O2/c5-11-8-1-4(3(15)16,2-9-12-6)10-14-13-7/h10H,1-2H2,(H,15,16). The average Bonchev–Trinajstić information content (AvgIpc) is 2.28. The van der Waals surface area contributed by atoms with Crippen LogP contribution in [-0.2, 0) is 4.79 Å². The maximum absolute atomic E-state index is 10.9. The highest BCUT2D eigenvalue weighted by Crippen LogP contribution is 2.08. The normalized spacial score (nSPS) is 12.0. The van der Waals surface area contributed by atoms with Crippen LogP contribution in [0.5, 0.6) is 0 Å². The van der Waals surface area contributed by atoms with Gasteiger partial charge in [-0.1, -0.05) is 10.2 Å². The number of carboxylic acid groups (broad SMARTS) is 1. The Morgan fingerprint density at radius 1 is 1.19 bits per heavy atom. The summed E-state index contributed by atoms with van der Waals surface area (Å²) in [5.74, 6) is -1.47. The van der Waals surface area contributed by atoms with E-state index in [0.29, 0.717) is 0 Å². The van der Waals surface area contributed by atoms with Crippen molar-refractivity contribution in [2.75, 3.05) is 13.1 Å². The third-order valence-corrected chi connectivity index (χ3v) is 1.53. The van der Waals surface area contributed by atoms with E-state index in [1.165, 1.54) is 0 Å². The summed E-state index contributed by atoms with van der Waals surface area (Å²) in [6, 6.07) is 0. The zero-order chi connectivity index (χ0) is 12.4. The predicted octanol–water partition coefficient (Wildman–Crippen LogP) is 1.25. The Morgan fingerprint density at radius 2 is 1.69 bits per heavy atom. The largest absolute Gasteiger partial charge is 0.478 e. The van der Waals surface area contributed by atoms with E-state index >= 15 is 0 Å². The molecule has 0 saturated carbocycles. The highest BCUT2D eigenvalue weighted by molar-refractivity contribution is 5.79. The van der Waals surface area contributed by atoms with Crippen molar-refractivity contribution < 1.29 is 9.90 Å². The second-order valence-corrected chi connectivity index (χ2v) is 2.47. The van der Waals surface area contributed by atoms with E-state index in [4.69, 9.17) is 21.7 Å². The summed E-state index contributed by atoms with van der Waals surface area (Å²) in [4.78, 5) is 18.0. The number of aliphatic carboxylic acids is 1. The molecule has 0 atom stereocenters. The molecule has 2 N–H and O–H groups in total. The fraction of sp³-hybridized carbons (Fsp3) is 0.750. The van der Waals surface area contributed by atoms with Crippen molar-refractivity contribution in [3.63, 3.8) is 0 Å². The molecule has 0 aromatic heterocycles. The van der Waals surface area contributed by atoms with E-state index < -0.39 is 24.6 Å². The van der Waals surface area contributed by atoms with Crippen LogP contribution < -0.4 is 5.43 Å². The first kappa shape index (κ1) is 13.2. The molecule has 0 amide bonds. The van der Waals surface area contributed by atoms with Gasteiger partial charge in [-0.05, 0) is 16.3 Å². The molecule has 0 rings (SSSR count). The van der Waals surface area contributed by atoms with Crippen LogP contribution in [0.15, 0.2) is 15.5 Å². The zero-order valence-electron chi connectivity index (χ0n) is 7.79. The Kier molecular flexibility index (Phi) is 5.46. The maximum atomic E-state index is 10.9. The van der Waals surface area contributed by atoms with E-state index in [0.717, 1.165) is 0 Å². The molecule has 0 spiro atoms. The van der Waals surface area contributed by atoms with Crippen molar-refractivity contribution in [3.8, 4) is 0 Å². The summed E-state index contributed by atoms with van der Waals surface area (Å²) in [6.07, 6.45) is 0. The van der Waals surface area contributed by atoms with Gasteiger partial charge in [0.05, 0.1) is 13.1 Å². The van der Waals surface area contributed by atoms with Gasteiger partial charge < -0.3 is 5.11 Å². The molecule has 0 aliphatic carbocycles. The lowest BCUT2D eigenvalue weighted by atomic mass is 10.0. The maximum Gasteiger partial charge on any atom is 0.352 e. The van der Waals surface area contributed by atoms with E-state index in [-0.39, 0.29) is 0 Å². The monoisotopic (exact) mass is 226 g/mol. The van der Waals surface area contributed by atoms with Crippen LogP contribution in [0.25, 0.3) is 31.3 Å². The molecule has 0 bridgehead atoms. The second kappa shape index (κ2) is 6.62. The van der Waals surface area contributed by atoms with Gasteiger partial charge in [-0.25, -0.2) is 10.2 Å². The number of rotatable bonds is 7. The third kappa shape index (κ3) is 3.52. The third-order valence-electron chi connectivity index (χ3n) is 1.53. The van der Waals surface area contributed by atoms with E-state index in [2.05, 4.69) is 30.2 Å². The fourth-order valence-electron chi connectivity index (χ4n) is 0.727. The zero-order valence-corrected chi connectivity index (χ0v) is 7.79. The topological polar surface area (TPSA) is 196 Å². The first-order chi connectivity index (χ1) is 7.63. The van der Waals surface area contributed by atoms with Gasteiger partial charge in [0, 0.05) is 9.82 Å².